The second-order valence-corrected chi connectivity index (χ2v) is 7.67. The summed E-state index contributed by atoms with van der Waals surface area (Å²) in [6, 6.07) is 12.6. The fourth-order valence-corrected chi connectivity index (χ4v) is 3.90. The minimum Gasteiger partial charge on any atom is -0.324 e. The Morgan fingerprint density at radius 2 is 1.85 bits per heavy atom. The lowest BCUT2D eigenvalue weighted by atomic mass is 9.87. The van der Waals surface area contributed by atoms with Gasteiger partial charge in [-0.05, 0) is 36.2 Å². The van der Waals surface area contributed by atoms with Crippen LogP contribution >= 0.6 is 0 Å². The number of aromatic nitrogens is 2. The first-order chi connectivity index (χ1) is 16.2. The maximum Gasteiger partial charge on any atom is 0.418 e. The Hall–Kier alpha value is -4.15. The molecular formula is C23H20F3N5O3. The van der Waals surface area contributed by atoms with Gasteiger partial charge in [0.05, 0.1) is 16.9 Å². The molecule has 0 spiro atoms. The number of carbonyl (C=O) groups is 3. The first-order valence-corrected chi connectivity index (χ1v) is 10.4. The molecule has 1 unspecified atom stereocenters. The number of amides is 4. The fraction of sp³-hybridized carbons (Fsp3) is 0.217. The monoisotopic (exact) mass is 471 g/mol. The van der Waals surface area contributed by atoms with Gasteiger partial charge in [0.15, 0.2) is 0 Å². The normalized spacial score (nSPS) is 18.2. The molecule has 1 aliphatic heterocycles. The van der Waals surface area contributed by atoms with Crippen molar-refractivity contribution < 1.29 is 27.6 Å². The van der Waals surface area contributed by atoms with Gasteiger partial charge in [0.1, 0.15) is 12.1 Å². The predicted molar refractivity (Wildman–Crippen MR) is 116 cm³/mol. The number of nitrogens with one attached hydrogen (secondary N) is 2. The molecule has 11 heteroatoms. The Bertz CT molecular complexity index is 1230. The number of benzene rings is 2. The summed E-state index contributed by atoms with van der Waals surface area (Å²) in [5.41, 5.74) is -2.22. The van der Waals surface area contributed by atoms with Crippen LogP contribution in [0.2, 0.25) is 0 Å². The molecular weight excluding hydrogens is 451 g/mol. The summed E-state index contributed by atoms with van der Waals surface area (Å²) in [5.74, 6) is -1.59. The van der Waals surface area contributed by atoms with Crippen LogP contribution in [0.1, 0.15) is 24.5 Å². The van der Waals surface area contributed by atoms with Crippen molar-refractivity contribution in [2.45, 2.75) is 25.1 Å². The van der Waals surface area contributed by atoms with Crippen LogP contribution in [0.4, 0.5) is 23.7 Å². The second kappa shape index (κ2) is 8.65. The highest BCUT2D eigenvalue weighted by atomic mass is 19.4. The Morgan fingerprint density at radius 1 is 1.12 bits per heavy atom. The molecule has 2 aromatic carbocycles. The van der Waals surface area contributed by atoms with E-state index in [0.717, 1.165) is 12.1 Å². The Morgan fingerprint density at radius 3 is 2.47 bits per heavy atom. The van der Waals surface area contributed by atoms with E-state index in [1.54, 1.807) is 43.3 Å². The molecule has 1 saturated heterocycles. The molecule has 1 aromatic heterocycles. The van der Waals surface area contributed by atoms with Gasteiger partial charge in [0, 0.05) is 12.4 Å². The number of anilines is 1. The van der Waals surface area contributed by atoms with Gasteiger partial charge in [-0.3, -0.25) is 14.5 Å². The molecule has 176 valence electrons. The number of rotatable bonds is 6. The average molecular weight is 471 g/mol. The van der Waals surface area contributed by atoms with E-state index in [1.165, 1.54) is 23.1 Å². The van der Waals surface area contributed by atoms with Crippen LogP contribution < -0.4 is 10.6 Å². The lowest BCUT2D eigenvalue weighted by Gasteiger charge is -2.25. The van der Waals surface area contributed by atoms with Crippen molar-refractivity contribution in [3.63, 3.8) is 0 Å². The minimum atomic E-state index is -4.77. The Kier molecular flexibility index (Phi) is 5.86. The summed E-state index contributed by atoms with van der Waals surface area (Å²) in [6.45, 7) is 0.975. The SMILES string of the molecule is CCC1(c2ccccc2)NC(=O)N(CC(=O)Nc2ccc(-n3cccn3)cc2C(F)(F)F)C1=O. The second-order valence-electron chi connectivity index (χ2n) is 7.67. The maximum absolute atomic E-state index is 13.7. The van der Waals surface area contributed by atoms with Crippen LogP contribution in [0.15, 0.2) is 67.0 Å². The number of urea groups is 1. The molecule has 1 fully saturated rings. The molecule has 0 aliphatic carbocycles. The number of alkyl halides is 3. The van der Waals surface area contributed by atoms with E-state index in [-0.39, 0.29) is 12.1 Å². The highest BCUT2D eigenvalue weighted by molar-refractivity contribution is 6.10. The number of carbonyl (C=O) groups excluding carboxylic acids is 3. The largest absolute Gasteiger partial charge is 0.418 e. The van der Waals surface area contributed by atoms with E-state index in [4.69, 9.17) is 0 Å². The van der Waals surface area contributed by atoms with Gasteiger partial charge < -0.3 is 10.6 Å². The summed E-state index contributed by atoms with van der Waals surface area (Å²) in [5, 5.41) is 8.71. The molecule has 0 bridgehead atoms. The smallest absolute Gasteiger partial charge is 0.324 e. The highest BCUT2D eigenvalue weighted by Crippen LogP contribution is 2.36. The van der Waals surface area contributed by atoms with E-state index in [9.17, 15) is 27.6 Å². The number of hydrogen-bond acceptors (Lipinski definition) is 4. The molecule has 3 aromatic rings. The van der Waals surface area contributed by atoms with Crippen molar-refractivity contribution in [3.8, 4) is 5.69 Å². The van der Waals surface area contributed by atoms with E-state index in [1.807, 2.05) is 0 Å². The van der Waals surface area contributed by atoms with Crippen molar-refractivity contribution in [3.05, 3.63) is 78.1 Å². The van der Waals surface area contributed by atoms with Crippen LogP contribution in [-0.2, 0) is 21.3 Å². The summed E-state index contributed by atoms with van der Waals surface area (Å²) in [7, 11) is 0. The summed E-state index contributed by atoms with van der Waals surface area (Å²) >= 11 is 0. The van der Waals surface area contributed by atoms with Crippen LogP contribution in [0.5, 0.6) is 0 Å². The topological polar surface area (TPSA) is 96.3 Å². The average Bonchev–Trinajstić information content (AvgIpc) is 3.43. The Labute approximate surface area is 192 Å². The van der Waals surface area contributed by atoms with E-state index >= 15 is 0 Å². The highest BCUT2D eigenvalue weighted by Gasteiger charge is 2.51. The standard InChI is InChI=1S/C23H20F3N5O3/c1-2-22(15-7-4-3-5-8-15)20(33)30(21(34)29-22)14-19(32)28-18-10-9-16(31-12-6-11-27-31)13-17(18)23(24,25)26/h3-13H,2,14H2,1H3,(H,28,32)(H,29,34). The molecule has 1 atom stereocenters. The maximum atomic E-state index is 13.7. The summed E-state index contributed by atoms with van der Waals surface area (Å²) < 4.78 is 42.3. The third-order valence-electron chi connectivity index (χ3n) is 5.63. The number of imide groups is 1. The predicted octanol–water partition coefficient (Wildman–Crippen LogP) is 3.69. The first kappa shape index (κ1) is 23.0. The zero-order valence-electron chi connectivity index (χ0n) is 18.0. The molecule has 0 radical (unpaired) electrons. The van der Waals surface area contributed by atoms with Gasteiger partial charge in [0.25, 0.3) is 5.91 Å². The van der Waals surface area contributed by atoms with Gasteiger partial charge in [0.2, 0.25) is 5.91 Å². The van der Waals surface area contributed by atoms with Crippen molar-refractivity contribution >= 4 is 23.5 Å². The lowest BCUT2D eigenvalue weighted by Crippen LogP contribution is -2.44. The Balaban J connectivity index is 1.56. The number of nitrogens with zero attached hydrogens (tertiary/aromatic N) is 3. The van der Waals surface area contributed by atoms with E-state index < -0.39 is 47.4 Å². The lowest BCUT2D eigenvalue weighted by molar-refractivity contribution is -0.137. The van der Waals surface area contributed by atoms with Crippen LogP contribution in [-0.4, -0.2) is 39.1 Å². The summed E-state index contributed by atoms with van der Waals surface area (Å²) in [4.78, 5) is 39.0. The zero-order valence-corrected chi connectivity index (χ0v) is 18.0. The third kappa shape index (κ3) is 4.12. The van der Waals surface area contributed by atoms with Gasteiger partial charge in [-0.2, -0.15) is 18.3 Å². The third-order valence-corrected chi connectivity index (χ3v) is 5.63. The van der Waals surface area contributed by atoms with Crippen LogP contribution in [0.25, 0.3) is 5.69 Å². The molecule has 8 nitrogen and oxygen atoms in total. The summed E-state index contributed by atoms with van der Waals surface area (Å²) in [6.07, 6.45) is -1.63. The fourth-order valence-electron chi connectivity index (χ4n) is 3.90. The zero-order chi connectivity index (χ0) is 24.5. The van der Waals surface area contributed by atoms with E-state index in [0.29, 0.717) is 10.5 Å². The van der Waals surface area contributed by atoms with Gasteiger partial charge >= 0.3 is 12.2 Å². The van der Waals surface area contributed by atoms with E-state index in [2.05, 4.69) is 15.7 Å². The molecule has 1 aliphatic rings. The number of hydrogen-bond donors (Lipinski definition) is 2. The van der Waals surface area contributed by atoms with Gasteiger partial charge in [-0.25, -0.2) is 9.48 Å². The van der Waals surface area contributed by atoms with Crippen molar-refractivity contribution in [1.29, 1.82) is 0 Å². The first-order valence-electron chi connectivity index (χ1n) is 10.4. The van der Waals surface area contributed by atoms with Crippen molar-refractivity contribution in [2.75, 3.05) is 11.9 Å². The molecule has 2 heterocycles. The van der Waals surface area contributed by atoms with Crippen molar-refractivity contribution in [2.24, 2.45) is 0 Å². The molecule has 2 N–H and O–H groups in total. The number of halogens is 3. The molecule has 4 rings (SSSR count). The molecule has 34 heavy (non-hydrogen) atoms. The van der Waals surface area contributed by atoms with Gasteiger partial charge in [-0.1, -0.05) is 37.3 Å². The molecule has 0 saturated carbocycles. The van der Waals surface area contributed by atoms with Crippen LogP contribution in [0, 0.1) is 0 Å². The van der Waals surface area contributed by atoms with Crippen molar-refractivity contribution in [1.82, 2.24) is 20.0 Å². The minimum absolute atomic E-state index is 0.153. The molecule has 4 amide bonds. The van der Waals surface area contributed by atoms with Crippen LogP contribution in [0.3, 0.4) is 0 Å². The van der Waals surface area contributed by atoms with Gasteiger partial charge in [-0.15, -0.1) is 0 Å². The quantitative estimate of drug-likeness (QED) is 0.536.